The molecule has 0 aliphatic rings. The minimum Gasteiger partial charge on any atom is -0.324 e. The Balaban J connectivity index is 0.000001000. The van der Waals surface area contributed by atoms with Gasteiger partial charge < -0.3 is 5.73 Å². The van der Waals surface area contributed by atoms with Crippen molar-refractivity contribution in [3.05, 3.63) is 35.0 Å². The first-order valence-corrected chi connectivity index (χ1v) is 4.17. The van der Waals surface area contributed by atoms with Crippen molar-refractivity contribution in [2.75, 3.05) is 0 Å². The Labute approximate surface area is 77.3 Å². The largest absolute Gasteiger partial charge is 0.324 e. The van der Waals surface area contributed by atoms with Crippen molar-refractivity contribution in [1.29, 1.82) is 0 Å². The molecule has 1 aromatic rings. The molecular formula is C8H12ClNS. The fraction of sp³-hybridized carbons (Fsp3) is 0.250. The molecule has 1 rings (SSSR count). The monoisotopic (exact) mass is 189 g/mol. The summed E-state index contributed by atoms with van der Waals surface area (Å²) in [5.41, 5.74) is 7.00. The first kappa shape index (κ1) is 10.7. The molecule has 0 fully saturated rings. The van der Waals surface area contributed by atoms with E-state index in [1.54, 1.807) is 11.3 Å². The van der Waals surface area contributed by atoms with Gasteiger partial charge in [0.05, 0.1) is 0 Å². The summed E-state index contributed by atoms with van der Waals surface area (Å²) in [6.07, 6.45) is 2.71. The third kappa shape index (κ3) is 3.06. The van der Waals surface area contributed by atoms with Crippen LogP contribution in [0.2, 0.25) is 0 Å². The minimum absolute atomic E-state index is 0. The molecule has 0 saturated heterocycles. The summed E-state index contributed by atoms with van der Waals surface area (Å²) < 4.78 is 0. The van der Waals surface area contributed by atoms with Gasteiger partial charge in [0.1, 0.15) is 0 Å². The third-order valence-corrected chi connectivity index (χ3v) is 2.09. The van der Waals surface area contributed by atoms with Crippen molar-refractivity contribution in [1.82, 2.24) is 0 Å². The summed E-state index contributed by atoms with van der Waals surface area (Å²) in [4.78, 5) is 0. The molecule has 11 heavy (non-hydrogen) atoms. The highest BCUT2D eigenvalue weighted by atomic mass is 35.5. The second-order valence-electron chi connectivity index (χ2n) is 2.19. The molecule has 1 nitrogen and oxygen atoms in total. The number of thiophene rings is 1. The van der Waals surface area contributed by atoms with Crippen LogP contribution in [0.5, 0.6) is 0 Å². The molecule has 0 aliphatic heterocycles. The van der Waals surface area contributed by atoms with E-state index in [9.17, 15) is 0 Å². The van der Waals surface area contributed by atoms with Crippen LogP contribution in [0, 0.1) is 0 Å². The van der Waals surface area contributed by atoms with Crippen LogP contribution in [0.3, 0.4) is 0 Å². The lowest BCUT2D eigenvalue weighted by Crippen LogP contribution is -2.07. The fourth-order valence-electron chi connectivity index (χ4n) is 0.802. The summed E-state index contributed by atoms with van der Waals surface area (Å²) in [6.45, 7) is 3.63. The second-order valence-corrected chi connectivity index (χ2v) is 2.97. The molecule has 0 spiro atoms. The van der Waals surface area contributed by atoms with Crippen molar-refractivity contribution in [3.63, 3.8) is 0 Å². The summed E-state index contributed by atoms with van der Waals surface area (Å²) in [5.74, 6) is 0. The highest BCUT2D eigenvalue weighted by Gasteiger charge is 2.01. The van der Waals surface area contributed by atoms with E-state index in [0.29, 0.717) is 0 Å². The number of nitrogens with two attached hydrogens (primary N) is 1. The van der Waals surface area contributed by atoms with Gasteiger partial charge >= 0.3 is 0 Å². The average Bonchev–Trinajstić information content (AvgIpc) is 2.38. The molecule has 0 aliphatic carbocycles. The predicted molar refractivity (Wildman–Crippen MR) is 53.3 cm³/mol. The van der Waals surface area contributed by atoms with Gasteiger partial charge in [0, 0.05) is 6.04 Å². The van der Waals surface area contributed by atoms with Crippen LogP contribution >= 0.6 is 23.7 Å². The number of halogens is 1. The zero-order valence-electron chi connectivity index (χ0n) is 6.19. The Bertz CT molecular complexity index is 196. The van der Waals surface area contributed by atoms with E-state index in [0.717, 1.165) is 6.42 Å². The Morgan fingerprint density at radius 1 is 1.73 bits per heavy atom. The molecule has 0 saturated carbocycles. The summed E-state index contributed by atoms with van der Waals surface area (Å²) in [5, 5.41) is 4.12. The zero-order valence-corrected chi connectivity index (χ0v) is 7.83. The van der Waals surface area contributed by atoms with E-state index in [1.807, 2.05) is 11.5 Å². The van der Waals surface area contributed by atoms with Crippen LogP contribution in [0.1, 0.15) is 18.0 Å². The van der Waals surface area contributed by atoms with Gasteiger partial charge in [0.2, 0.25) is 0 Å². The maximum absolute atomic E-state index is 5.79. The molecule has 0 unspecified atom stereocenters. The van der Waals surface area contributed by atoms with Gasteiger partial charge in [-0.25, -0.2) is 0 Å². The van der Waals surface area contributed by atoms with Gasteiger partial charge in [-0.3, -0.25) is 0 Å². The summed E-state index contributed by atoms with van der Waals surface area (Å²) in [7, 11) is 0. The number of rotatable bonds is 3. The average molecular weight is 190 g/mol. The number of hydrogen-bond acceptors (Lipinski definition) is 2. The van der Waals surface area contributed by atoms with E-state index < -0.39 is 0 Å². The molecule has 62 valence electrons. The smallest absolute Gasteiger partial charge is 0.0337 e. The standard InChI is InChI=1S/C8H11NS.ClH/c1-2-3-8(9)7-4-5-10-6-7;/h2,4-6,8H,1,3,9H2;1H/t8-;/m1./s1. The van der Waals surface area contributed by atoms with E-state index >= 15 is 0 Å². The van der Waals surface area contributed by atoms with Crippen LogP contribution in [0.25, 0.3) is 0 Å². The number of hydrogen-bond donors (Lipinski definition) is 1. The molecule has 0 aromatic carbocycles. The highest BCUT2D eigenvalue weighted by Crippen LogP contribution is 2.16. The molecule has 0 amide bonds. The van der Waals surface area contributed by atoms with Crippen molar-refractivity contribution >= 4 is 23.7 Å². The lowest BCUT2D eigenvalue weighted by atomic mass is 10.1. The Kier molecular flexibility index (Phi) is 5.20. The molecule has 0 radical (unpaired) electrons. The van der Waals surface area contributed by atoms with E-state index in [2.05, 4.69) is 18.0 Å². The van der Waals surface area contributed by atoms with Crippen molar-refractivity contribution in [3.8, 4) is 0 Å². The highest BCUT2D eigenvalue weighted by molar-refractivity contribution is 7.07. The Hall–Kier alpha value is -0.310. The second kappa shape index (κ2) is 5.35. The first-order chi connectivity index (χ1) is 4.84. The maximum atomic E-state index is 5.79. The molecule has 0 bridgehead atoms. The van der Waals surface area contributed by atoms with E-state index in [4.69, 9.17) is 5.73 Å². The molecule has 2 N–H and O–H groups in total. The molecular weight excluding hydrogens is 178 g/mol. The molecule has 1 heterocycles. The topological polar surface area (TPSA) is 26.0 Å². The Morgan fingerprint density at radius 3 is 2.91 bits per heavy atom. The van der Waals surface area contributed by atoms with Gasteiger partial charge in [0.15, 0.2) is 0 Å². The lowest BCUT2D eigenvalue weighted by molar-refractivity contribution is 0.745. The molecule has 1 atom stereocenters. The van der Waals surface area contributed by atoms with Crippen molar-refractivity contribution < 1.29 is 0 Å². The maximum Gasteiger partial charge on any atom is 0.0337 e. The molecule has 3 heteroatoms. The Morgan fingerprint density at radius 2 is 2.45 bits per heavy atom. The normalized spacial score (nSPS) is 11.7. The van der Waals surface area contributed by atoms with Gasteiger partial charge in [0.25, 0.3) is 0 Å². The quantitative estimate of drug-likeness (QED) is 0.728. The SMILES string of the molecule is C=CC[C@@H](N)c1ccsc1.Cl. The van der Waals surface area contributed by atoms with Crippen LogP contribution in [-0.2, 0) is 0 Å². The van der Waals surface area contributed by atoms with Crippen molar-refractivity contribution in [2.45, 2.75) is 12.5 Å². The lowest BCUT2D eigenvalue weighted by Gasteiger charge is -2.04. The summed E-state index contributed by atoms with van der Waals surface area (Å²) >= 11 is 1.68. The van der Waals surface area contributed by atoms with Crippen molar-refractivity contribution in [2.24, 2.45) is 5.73 Å². The zero-order chi connectivity index (χ0) is 7.40. The van der Waals surface area contributed by atoms with Crippen LogP contribution in [0.4, 0.5) is 0 Å². The van der Waals surface area contributed by atoms with Gasteiger partial charge in [-0.1, -0.05) is 6.08 Å². The minimum atomic E-state index is 0. The van der Waals surface area contributed by atoms with Gasteiger partial charge in [-0.2, -0.15) is 11.3 Å². The van der Waals surface area contributed by atoms with Crippen LogP contribution in [0.15, 0.2) is 29.5 Å². The predicted octanol–water partition coefficient (Wildman–Crippen LogP) is 2.75. The van der Waals surface area contributed by atoms with E-state index in [1.165, 1.54) is 5.56 Å². The van der Waals surface area contributed by atoms with Gasteiger partial charge in [-0.15, -0.1) is 19.0 Å². The third-order valence-electron chi connectivity index (χ3n) is 1.39. The van der Waals surface area contributed by atoms with Gasteiger partial charge in [-0.05, 0) is 28.8 Å². The van der Waals surface area contributed by atoms with E-state index in [-0.39, 0.29) is 18.4 Å². The first-order valence-electron chi connectivity index (χ1n) is 3.23. The van der Waals surface area contributed by atoms with Crippen LogP contribution < -0.4 is 5.73 Å². The van der Waals surface area contributed by atoms with Crippen LogP contribution in [-0.4, -0.2) is 0 Å². The molecule has 1 aromatic heterocycles. The summed E-state index contributed by atoms with van der Waals surface area (Å²) in [6, 6.07) is 2.20. The fourth-order valence-corrected chi connectivity index (χ4v) is 1.53.